The fraction of sp³-hybridized carbons (Fsp3) is 0.375. The topological polar surface area (TPSA) is 25.2 Å². The third-order valence-corrected chi connectivity index (χ3v) is 4.02. The van der Waals surface area contributed by atoms with Gasteiger partial charge in [-0.25, -0.2) is 0 Å². The SMILES string of the molecule is CC(NC(c1ccc(Cl)cc1)C(C)C)c1ccc(Br)o1. The van der Waals surface area contributed by atoms with E-state index < -0.39 is 0 Å². The molecular formula is C16H19BrClNO. The maximum Gasteiger partial charge on any atom is 0.169 e. The first kappa shape index (κ1) is 15.6. The zero-order chi connectivity index (χ0) is 14.7. The Morgan fingerprint density at radius 3 is 2.20 bits per heavy atom. The summed E-state index contributed by atoms with van der Waals surface area (Å²) in [5.74, 6) is 1.40. The molecule has 1 aromatic carbocycles. The highest BCUT2D eigenvalue weighted by molar-refractivity contribution is 9.10. The molecule has 2 aromatic rings. The molecular weight excluding hydrogens is 338 g/mol. The average molecular weight is 357 g/mol. The van der Waals surface area contributed by atoms with Crippen LogP contribution in [0.15, 0.2) is 45.5 Å². The maximum absolute atomic E-state index is 5.96. The van der Waals surface area contributed by atoms with Crippen LogP contribution in [0.5, 0.6) is 0 Å². The van der Waals surface area contributed by atoms with Gasteiger partial charge in [0.05, 0.1) is 6.04 Å². The summed E-state index contributed by atoms with van der Waals surface area (Å²) in [4.78, 5) is 0. The van der Waals surface area contributed by atoms with Crippen molar-refractivity contribution in [2.45, 2.75) is 32.9 Å². The monoisotopic (exact) mass is 355 g/mol. The highest BCUT2D eigenvalue weighted by Crippen LogP contribution is 2.28. The van der Waals surface area contributed by atoms with Crippen LogP contribution in [-0.4, -0.2) is 0 Å². The van der Waals surface area contributed by atoms with Crippen LogP contribution in [0.4, 0.5) is 0 Å². The molecule has 0 aliphatic rings. The number of rotatable bonds is 5. The van der Waals surface area contributed by atoms with E-state index in [1.807, 2.05) is 24.3 Å². The van der Waals surface area contributed by atoms with Crippen molar-refractivity contribution >= 4 is 27.5 Å². The molecule has 0 fully saturated rings. The highest BCUT2D eigenvalue weighted by atomic mass is 79.9. The van der Waals surface area contributed by atoms with Crippen molar-refractivity contribution in [2.75, 3.05) is 0 Å². The highest BCUT2D eigenvalue weighted by Gasteiger charge is 2.20. The molecule has 0 spiro atoms. The molecule has 0 saturated heterocycles. The summed E-state index contributed by atoms with van der Waals surface area (Å²) < 4.78 is 6.37. The van der Waals surface area contributed by atoms with Crippen molar-refractivity contribution < 1.29 is 4.42 Å². The standard InChI is InChI=1S/C16H19BrClNO/c1-10(2)16(12-4-6-13(18)7-5-12)19-11(3)14-8-9-15(17)20-14/h4-11,16,19H,1-3H3. The van der Waals surface area contributed by atoms with Crippen LogP contribution in [0.2, 0.25) is 5.02 Å². The zero-order valence-corrected chi connectivity index (χ0v) is 14.2. The zero-order valence-electron chi connectivity index (χ0n) is 11.9. The van der Waals surface area contributed by atoms with Gasteiger partial charge in [0.15, 0.2) is 4.67 Å². The van der Waals surface area contributed by atoms with Gasteiger partial charge in [0.25, 0.3) is 0 Å². The van der Waals surface area contributed by atoms with Gasteiger partial charge in [0.1, 0.15) is 5.76 Å². The van der Waals surface area contributed by atoms with Crippen molar-refractivity contribution in [2.24, 2.45) is 5.92 Å². The predicted molar refractivity (Wildman–Crippen MR) is 87.0 cm³/mol. The lowest BCUT2D eigenvalue weighted by atomic mass is 9.95. The largest absolute Gasteiger partial charge is 0.453 e. The lowest BCUT2D eigenvalue weighted by molar-refractivity contribution is 0.337. The molecule has 108 valence electrons. The second kappa shape index (κ2) is 6.79. The summed E-state index contributed by atoms with van der Waals surface area (Å²) in [5.41, 5.74) is 1.24. The van der Waals surface area contributed by atoms with Crippen LogP contribution in [0.1, 0.15) is 44.2 Å². The summed E-state index contributed by atoms with van der Waals surface area (Å²) in [7, 11) is 0. The summed E-state index contributed by atoms with van der Waals surface area (Å²) in [5, 5.41) is 4.39. The van der Waals surface area contributed by atoms with Crippen molar-refractivity contribution in [1.29, 1.82) is 0 Å². The third kappa shape index (κ3) is 3.87. The van der Waals surface area contributed by atoms with Gasteiger partial charge >= 0.3 is 0 Å². The lowest BCUT2D eigenvalue weighted by Crippen LogP contribution is -2.28. The van der Waals surface area contributed by atoms with Gasteiger partial charge in [0, 0.05) is 11.1 Å². The van der Waals surface area contributed by atoms with E-state index in [0.29, 0.717) is 5.92 Å². The first-order valence-corrected chi connectivity index (χ1v) is 7.91. The Hall–Kier alpha value is -0.770. The fourth-order valence-corrected chi connectivity index (χ4v) is 2.70. The van der Waals surface area contributed by atoms with E-state index in [4.69, 9.17) is 16.0 Å². The molecule has 2 unspecified atom stereocenters. The van der Waals surface area contributed by atoms with Crippen LogP contribution in [0.3, 0.4) is 0 Å². The Balaban J connectivity index is 2.15. The summed E-state index contributed by atoms with van der Waals surface area (Å²) >= 11 is 9.30. The van der Waals surface area contributed by atoms with Crippen LogP contribution < -0.4 is 5.32 Å². The van der Waals surface area contributed by atoms with E-state index in [1.165, 1.54) is 5.56 Å². The number of nitrogens with one attached hydrogen (secondary N) is 1. The normalized spacial score (nSPS) is 14.5. The molecule has 1 heterocycles. The van der Waals surface area contributed by atoms with Gasteiger partial charge in [-0.05, 0) is 58.6 Å². The molecule has 20 heavy (non-hydrogen) atoms. The summed E-state index contributed by atoms with van der Waals surface area (Å²) in [6.07, 6.45) is 0. The van der Waals surface area contributed by atoms with Crippen molar-refractivity contribution in [1.82, 2.24) is 5.32 Å². The molecule has 0 bridgehead atoms. The summed E-state index contributed by atoms with van der Waals surface area (Å²) in [6, 6.07) is 12.3. The lowest BCUT2D eigenvalue weighted by Gasteiger charge is -2.26. The Morgan fingerprint density at radius 1 is 1.05 bits per heavy atom. The molecule has 0 amide bonds. The predicted octanol–water partition coefficient (Wildman–Crippen LogP) is 5.74. The molecule has 1 aromatic heterocycles. The molecule has 0 saturated carbocycles. The molecule has 0 radical (unpaired) electrons. The van der Waals surface area contributed by atoms with E-state index in [2.05, 4.69) is 54.2 Å². The smallest absolute Gasteiger partial charge is 0.169 e. The van der Waals surface area contributed by atoms with E-state index in [1.54, 1.807) is 0 Å². The minimum atomic E-state index is 0.143. The van der Waals surface area contributed by atoms with Gasteiger partial charge in [-0.2, -0.15) is 0 Å². The summed E-state index contributed by atoms with van der Waals surface area (Å²) in [6.45, 7) is 6.52. The number of hydrogen-bond acceptors (Lipinski definition) is 2. The van der Waals surface area contributed by atoms with Gasteiger partial charge in [0.2, 0.25) is 0 Å². The Bertz CT molecular complexity index is 550. The van der Waals surface area contributed by atoms with Crippen molar-refractivity contribution in [3.05, 3.63) is 57.4 Å². The second-order valence-electron chi connectivity index (χ2n) is 5.30. The quantitative estimate of drug-likeness (QED) is 0.738. The number of hydrogen-bond donors (Lipinski definition) is 1. The van der Waals surface area contributed by atoms with Crippen molar-refractivity contribution in [3.8, 4) is 0 Å². The van der Waals surface area contributed by atoms with Crippen molar-refractivity contribution in [3.63, 3.8) is 0 Å². The van der Waals surface area contributed by atoms with Gasteiger partial charge < -0.3 is 9.73 Å². The average Bonchev–Trinajstić information content (AvgIpc) is 2.83. The Labute approximate surface area is 133 Å². The van der Waals surface area contributed by atoms with E-state index in [9.17, 15) is 0 Å². The second-order valence-corrected chi connectivity index (χ2v) is 6.52. The van der Waals surface area contributed by atoms with Gasteiger partial charge in [-0.3, -0.25) is 0 Å². The third-order valence-electron chi connectivity index (χ3n) is 3.35. The molecule has 4 heteroatoms. The van der Waals surface area contributed by atoms with Gasteiger partial charge in [-0.1, -0.05) is 37.6 Å². The number of furan rings is 1. The van der Waals surface area contributed by atoms with E-state index >= 15 is 0 Å². The van der Waals surface area contributed by atoms with Gasteiger partial charge in [-0.15, -0.1) is 0 Å². The van der Waals surface area contributed by atoms with E-state index in [0.717, 1.165) is 15.5 Å². The Morgan fingerprint density at radius 2 is 1.70 bits per heavy atom. The van der Waals surface area contributed by atoms with Crippen LogP contribution in [0, 0.1) is 5.92 Å². The van der Waals surface area contributed by atoms with E-state index in [-0.39, 0.29) is 12.1 Å². The van der Waals surface area contributed by atoms with Crippen LogP contribution >= 0.6 is 27.5 Å². The first-order valence-electron chi connectivity index (χ1n) is 6.74. The molecule has 1 N–H and O–H groups in total. The molecule has 0 aliphatic heterocycles. The number of halogens is 2. The minimum Gasteiger partial charge on any atom is -0.453 e. The maximum atomic E-state index is 5.96. The first-order chi connectivity index (χ1) is 9.47. The van der Waals surface area contributed by atoms with Crippen LogP contribution in [-0.2, 0) is 0 Å². The number of benzene rings is 1. The Kier molecular flexibility index (Phi) is 5.30. The molecule has 2 rings (SSSR count). The molecule has 2 nitrogen and oxygen atoms in total. The van der Waals surface area contributed by atoms with Crippen LogP contribution in [0.25, 0.3) is 0 Å². The fourth-order valence-electron chi connectivity index (χ4n) is 2.26. The molecule has 2 atom stereocenters. The molecule has 0 aliphatic carbocycles. The minimum absolute atomic E-state index is 0.143.